The molecule has 3 aromatic heterocycles. The highest BCUT2D eigenvalue weighted by Crippen LogP contribution is 2.40. The molecule has 0 fully saturated rings. The van der Waals surface area contributed by atoms with Crippen molar-refractivity contribution in [3.63, 3.8) is 0 Å². The predicted octanol–water partition coefficient (Wildman–Crippen LogP) is 10.2. The summed E-state index contributed by atoms with van der Waals surface area (Å²) in [6, 6.07) is 46.0. The maximum atomic E-state index is 6.38. The lowest BCUT2D eigenvalue weighted by Crippen LogP contribution is -1.86. The summed E-state index contributed by atoms with van der Waals surface area (Å²) in [5.41, 5.74) is 5.49. The number of hydrogen-bond donors (Lipinski definition) is 0. The monoisotopic (exact) mass is 483 g/mol. The second kappa shape index (κ2) is 7.24. The molecule has 0 saturated carbocycles. The van der Waals surface area contributed by atoms with E-state index in [0.29, 0.717) is 0 Å². The van der Waals surface area contributed by atoms with Crippen molar-refractivity contribution >= 4 is 81.6 Å². The van der Waals surface area contributed by atoms with Gasteiger partial charge in [0, 0.05) is 32.3 Å². The van der Waals surface area contributed by atoms with Crippen LogP contribution >= 0.6 is 0 Å². The summed E-state index contributed by atoms with van der Waals surface area (Å²) in [7, 11) is 0. The van der Waals surface area contributed by atoms with Crippen LogP contribution in [0, 0.1) is 0 Å². The summed E-state index contributed by atoms with van der Waals surface area (Å²) >= 11 is 0. The van der Waals surface area contributed by atoms with Gasteiger partial charge in [-0.3, -0.25) is 0 Å². The first-order chi connectivity index (χ1) is 18.9. The SMILES string of the molecule is c1ccc2c(c1)oc1cc3c4ccccc4c4cccc5c6ccccc6n(c6ccccc6c3cc12)c45. The molecule has 3 heterocycles. The second-order valence-corrected chi connectivity index (χ2v) is 10.1. The lowest BCUT2D eigenvalue weighted by atomic mass is 9.99. The average Bonchev–Trinajstić information content (AvgIpc) is 3.52. The molecule has 0 radical (unpaired) electrons. The van der Waals surface area contributed by atoms with E-state index in [1.165, 1.54) is 59.6 Å². The van der Waals surface area contributed by atoms with Gasteiger partial charge in [-0.1, -0.05) is 97.1 Å². The van der Waals surface area contributed by atoms with Crippen LogP contribution in [0.4, 0.5) is 0 Å². The topological polar surface area (TPSA) is 17.6 Å². The van der Waals surface area contributed by atoms with Crippen LogP contribution in [0.1, 0.15) is 0 Å². The third-order valence-electron chi connectivity index (χ3n) is 8.15. The third kappa shape index (κ3) is 2.51. The quantitative estimate of drug-likeness (QED) is 0.210. The van der Waals surface area contributed by atoms with E-state index in [4.69, 9.17) is 4.42 Å². The molecular formula is C36H21NO. The van der Waals surface area contributed by atoms with Crippen LogP contribution in [-0.2, 0) is 0 Å². The van der Waals surface area contributed by atoms with Gasteiger partial charge in [0.05, 0.1) is 16.6 Å². The number of benzene rings is 6. The molecule has 6 aromatic carbocycles. The Balaban J connectivity index is 1.73. The standard InChI is InChI=1S/C36H21NO/c1-2-11-23-22(10-1)27-15-9-16-28-24-12-3-6-17-32(24)37(36(27)28)33-18-7-4-13-25(33)29-20-31-26-14-5-8-19-34(26)38-35(31)21-30(23)29/h1-21H. The van der Waals surface area contributed by atoms with Crippen LogP contribution in [0.15, 0.2) is 132 Å². The van der Waals surface area contributed by atoms with E-state index >= 15 is 0 Å². The van der Waals surface area contributed by atoms with E-state index in [2.05, 4.69) is 126 Å². The zero-order valence-electron chi connectivity index (χ0n) is 20.5. The van der Waals surface area contributed by atoms with Crippen molar-refractivity contribution in [2.45, 2.75) is 0 Å². The van der Waals surface area contributed by atoms with Crippen molar-refractivity contribution in [2.75, 3.05) is 0 Å². The van der Waals surface area contributed by atoms with E-state index in [-0.39, 0.29) is 0 Å². The van der Waals surface area contributed by atoms with E-state index < -0.39 is 0 Å². The zero-order valence-corrected chi connectivity index (χ0v) is 20.5. The molecule has 0 amide bonds. The van der Waals surface area contributed by atoms with Crippen molar-refractivity contribution in [3.05, 3.63) is 127 Å². The molecule has 0 atom stereocenters. The predicted molar refractivity (Wildman–Crippen MR) is 161 cm³/mol. The lowest BCUT2D eigenvalue weighted by molar-refractivity contribution is 0.669. The summed E-state index contributed by atoms with van der Waals surface area (Å²) in [5.74, 6) is 0. The summed E-state index contributed by atoms with van der Waals surface area (Å²) in [5, 5.41) is 12.1. The summed E-state index contributed by atoms with van der Waals surface area (Å²) in [4.78, 5) is 0. The van der Waals surface area contributed by atoms with Gasteiger partial charge in [0.1, 0.15) is 11.2 Å². The van der Waals surface area contributed by atoms with E-state index in [0.717, 1.165) is 21.9 Å². The van der Waals surface area contributed by atoms with Crippen LogP contribution < -0.4 is 0 Å². The average molecular weight is 484 g/mol. The van der Waals surface area contributed by atoms with Crippen molar-refractivity contribution in [1.29, 1.82) is 0 Å². The molecule has 2 heteroatoms. The number of rotatable bonds is 0. The fraction of sp³-hybridized carbons (Fsp3) is 0. The molecule has 0 saturated heterocycles. The maximum absolute atomic E-state index is 6.38. The first-order valence-electron chi connectivity index (χ1n) is 13.0. The van der Waals surface area contributed by atoms with Gasteiger partial charge in [0.2, 0.25) is 0 Å². The van der Waals surface area contributed by atoms with Gasteiger partial charge in [-0.05, 0) is 51.9 Å². The van der Waals surface area contributed by atoms with Gasteiger partial charge < -0.3 is 8.82 Å². The van der Waals surface area contributed by atoms with Gasteiger partial charge in [0.15, 0.2) is 0 Å². The molecule has 0 bridgehead atoms. The van der Waals surface area contributed by atoms with Crippen molar-refractivity contribution in [1.82, 2.24) is 4.40 Å². The van der Waals surface area contributed by atoms with Crippen LogP contribution in [0.2, 0.25) is 0 Å². The Morgan fingerprint density at radius 3 is 1.58 bits per heavy atom. The number of hydrogen-bond acceptors (Lipinski definition) is 1. The summed E-state index contributed by atoms with van der Waals surface area (Å²) in [6.07, 6.45) is 0. The first kappa shape index (κ1) is 20.0. The van der Waals surface area contributed by atoms with Gasteiger partial charge >= 0.3 is 0 Å². The van der Waals surface area contributed by atoms with Crippen LogP contribution in [0.3, 0.4) is 0 Å². The highest BCUT2D eigenvalue weighted by molar-refractivity contribution is 6.27. The molecule has 0 aliphatic heterocycles. The Hall–Kier alpha value is -5.08. The third-order valence-corrected chi connectivity index (χ3v) is 8.15. The molecular weight excluding hydrogens is 462 g/mol. The fourth-order valence-corrected chi connectivity index (χ4v) is 6.55. The summed E-state index contributed by atoms with van der Waals surface area (Å²) in [6.45, 7) is 0. The number of aromatic nitrogens is 1. The van der Waals surface area contributed by atoms with Crippen molar-refractivity contribution in [2.24, 2.45) is 0 Å². The highest BCUT2D eigenvalue weighted by atomic mass is 16.3. The van der Waals surface area contributed by atoms with Crippen LogP contribution in [0.25, 0.3) is 81.6 Å². The lowest BCUT2D eigenvalue weighted by Gasteiger charge is -2.05. The summed E-state index contributed by atoms with van der Waals surface area (Å²) < 4.78 is 8.85. The van der Waals surface area contributed by atoms with Gasteiger partial charge in [-0.15, -0.1) is 0 Å². The molecule has 9 aromatic rings. The molecule has 0 spiro atoms. The Labute approximate surface area is 217 Å². The molecule has 9 rings (SSSR count). The molecule has 0 unspecified atom stereocenters. The molecule has 0 N–H and O–H groups in total. The van der Waals surface area contributed by atoms with E-state index in [1.807, 2.05) is 6.07 Å². The van der Waals surface area contributed by atoms with Gasteiger partial charge in [0.25, 0.3) is 0 Å². The number of furan rings is 1. The van der Waals surface area contributed by atoms with E-state index in [1.54, 1.807) is 0 Å². The number of para-hydroxylation sites is 4. The van der Waals surface area contributed by atoms with Crippen LogP contribution in [-0.4, -0.2) is 4.40 Å². The minimum Gasteiger partial charge on any atom is -0.456 e. The minimum absolute atomic E-state index is 0.916. The van der Waals surface area contributed by atoms with E-state index in [9.17, 15) is 0 Å². The molecule has 176 valence electrons. The van der Waals surface area contributed by atoms with Crippen molar-refractivity contribution in [3.8, 4) is 0 Å². The largest absolute Gasteiger partial charge is 0.456 e. The van der Waals surface area contributed by atoms with Gasteiger partial charge in [-0.2, -0.15) is 0 Å². The zero-order chi connectivity index (χ0) is 24.8. The Morgan fingerprint density at radius 2 is 0.842 bits per heavy atom. The number of fused-ring (bicyclic) bond motifs is 13. The first-order valence-corrected chi connectivity index (χ1v) is 13.0. The normalized spacial score (nSPS) is 12.2. The molecule has 2 nitrogen and oxygen atoms in total. The fourth-order valence-electron chi connectivity index (χ4n) is 6.55. The van der Waals surface area contributed by atoms with Gasteiger partial charge in [-0.25, -0.2) is 0 Å². The second-order valence-electron chi connectivity index (χ2n) is 10.1. The molecule has 38 heavy (non-hydrogen) atoms. The Kier molecular flexibility index (Phi) is 3.82. The van der Waals surface area contributed by atoms with Crippen LogP contribution in [0.5, 0.6) is 0 Å². The maximum Gasteiger partial charge on any atom is 0.136 e. The highest BCUT2D eigenvalue weighted by Gasteiger charge is 2.16. The minimum atomic E-state index is 0.916. The molecule has 0 aliphatic carbocycles. The number of nitrogens with zero attached hydrogens (tertiary/aromatic N) is 1. The molecule has 0 aliphatic rings. The Bertz CT molecular complexity index is 2460. The van der Waals surface area contributed by atoms with Crippen molar-refractivity contribution < 1.29 is 4.42 Å². The Morgan fingerprint density at radius 1 is 0.342 bits per heavy atom. The smallest absolute Gasteiger partial charge is 0.136 e.